The first kappa shape index (κ1) is 19.3. The molecule has 1 amide bonds. The van der Waals surface area contributed by atoms with Crippen molar-refractivity contribution < 1.29 is 9.53 Å². The van der Waals surface area contributed by atoms with E-state index >= 15 is 0 Å². The lowest BCUT2D eigenvalue weighted by Crippen LogP contribution is -2.25. The second kappa shape index (κ2) is 9.46. The number of nitrogens with one attached hydrogen (secondary N) is 1. The quantitative estimate of drug-likeness (QED) is 0.548. The molecule has 1 N–H and O–H groups in total. The predicted molar refractivity (Wildman–Crippen MR) is 100 cm³/mol. The van der Waals surface area contributed by atoms with Crippen LogP contribution in [0, 0.1) is 5.92 Å². The summed E-state index contributed by atoms with van der Waals surface area (Å²) in [5.41, 5.74) is 0.553. The highest BCUT2D eigenvalue weighted by Crippen LogP contribution is 2.18. The van der Waals surface area contributed by atoms with Gasteiger partial charge in [-0.1, -0.05) is 37.7 Å². The molecule has 0 atom stereocenters. The third-order valence-electron chi connectivity index (χ3n) is 3.74. The molecule has 0 aliphatic heterocycles. The Morgan fingerprint density at radius 2 is 2.08 bits per heavy atom. The van der Waals surface area contributed by atoms with Crippen LogP contribution < -0.4 is 10.1 Å². The number of carbonyl (C=O) groups is 1. The van der Waals surface area contributed by atoms with Gasteiger partial charge in [-0.2, -0.15) is 0 Å². The number of hydrogen-bond donors (Lipinski definition) is 1. The number of aromatic nitrogens is 3. The summed E-state index contributed by atoms with van der Waals surface area (Å²) in [6, 6.07) is 7.22. The molecule has 1 aromatic heterocycles. The van der Waals surface area contributed by atoms with Gasteiger partial charge in [-0.3, -0.25) is 4.79 Å². The lowest BCUT2D eigenvalue weighted by atomic mass is 10.2. The normalized spacial score (nSPS) is 10.9. The van der Waals surface area contributed by atoms with Gasteiger partial charge >= 0.3 is 0 Å². The smallest absolute Gasteiger partial charge is 0.255 e. The van der Waals surface area contributed by atoms with E-state index in [1.807, 2.05) is 18.4 Å². The molecule has 1 heterocycles. The summed E-state index contributed by atoms with van der Waals surface area (Å²) >= 11 is 1.61. The van der Waals surface area contributed by atoms with Gasteiger partial charge in [0.15, 0.2) is 5.16 Å². The maximum Gasteiger partial charge on any atom is 0.255 e. The number of aryl methyl sites for hydroxylation is 1. The van der Waals surface area contributed by atoms with Crippen molar-refractivity contribution in [3.63, 3.8) is 0 Å². The number of methoxy groups -OCH3 is 1. The highest BCUT2D eigenvalue weighted by Gasteiger charge is 2.13. The zero-order chi connectivity index (χ0) is 18.2. The summed E-state index contributed by atoms with van der Waals surface area (Å²) < 4.78 is 7.40. The molecule has 25 heavy (non-hydrogen) atoms. The highest BCUT2D eigenvalue weighted by atomic mass is 32.2. The van der Waals surface area contributed by atoms with Crippen molar-refractivity contribution in [2.24, 2.45) is 5.92 Å². The molecule has 2 rings (SSSR count). The summed E-state index contributed by atoms with van der Waals surface area (Å²) in [4.78, 5) is 12.3. The first-order valence-electron chi connectivity index (χ1n) is 8.44. The van der Waals surface area contributed by atoms with Crippen LogP contribution in [0.15, 0.2) is 29.4 Å². The Morgan fingerprint density at radius 1 is 1.32 bits per heavy atom. The molecule has 0 radical (unpaired) electrons. The lowest BCUT2D eigenvalue weighted by Gasteiger charge is -2.12. The minimum atomic E-state index is -0.120. The first-order chi connectivity index (χ1) is 12.1. The average Bonchev–Trinajstić information content (AvgIpc) is 2.99. The van der Waals surface area contributed by atoms with Gasteiger partial charge in [-0.05, 0) is 30.7 Å². The molecule has 0 saturated heterocycles. The summed E-state index contributed by atoms with van der Waals surface area (Å²) in [7, 11) is 1.57. The summed E-state index contributed by atoms with van der Waals surface area (Å²) in [5, 5.41) is 12.4. The molecular formula is C18H26N4O2S. The zero-order valence-corrected chi connectivity index (χ0v) is 16.1. The van der Waals surface area contributed by atoms with E-state index in [4.69, 9.17) is 4.74 Å². The third-order valence-corrected chi connectivity index (χ3v) is 4.41. The molecule has 7 heteroatoms. The number of thioether (sulfide) groups is 1. The third kappa shape index (κ3) is 5.22. The Morgan fingerprint density at radius 3 is 2.76 bits per heavy atom. The van der Waals surface area contributed by atoms with Gasteiger partial charge in [0.05, 0.1) is 12.7 Å². The summed E-state index contributed by atoms with van der Waals surface area (Å²) in [6.45, 7) is 5.86. The molecule has 6 nitrogen and oxygen atoms in total. The monoisotopic (exact) mass is 362 g/mol. The number of rotatable bonds is 9. The highest BCUT2D eigenvalue weighted by molar-refractivity contribution is 7.98. The Kier molecular flexibility index (Phi) is 7.31. The van der Waals surface area contributed by atoms with Gasteiger partial charge in [-0.15, -0.1) is 10.2 Å². The van der Waals surface area contributed by atoms with E-state index in [0.29, 0.717) is 23.8 Å². The van der Waals surface area contributed by atoms with Crippen molar-refractivity contribution >= 4 is 17.7 Å². The fraction of sp³-hybridized carbons (Fsp3) is 0.500. The van der Waals surface area contributed by atoms with Crippen LogP contribution >= 0.6 is 11.8 Å². The van der Waals surface area contributed by atoms with Gasteiger partial charge in [0.25, 0.3) is 5.91 Å². The van der Waals surface area contributed by atoms with Crippen molar-refractivity contribution in [3.8, 4) is 5.75 Å². The van der Waals surface area contributed by atoms with Crippen LogP contribution in [-0.2, 0) is 13.0 Å². The molecule has 0 spiro atoms. The van der Waals surface area contributed by atoms with Gasteiger partial charge in [0.1, 0.15) is 11.6 Å². The SMILES string of the molecule is COc1ccccc1C(=O)NCCCc1nnc(SC)n1CC(C)C. The Balaban J connectivity index is 1.89. The van der Waals surface area contributed by atoms with E-state index in [1.165, 1.54) is 0 Å². The molecule has 0 aliphatic carbocycles. The summed E-state index contributed by atoms with van der Waals surface area (Å²) in [6.07, 6.45) is 3.61. The molecule has 0 saturated carbocycles. The van der Waals surface area contributed by atoms with E-state index in [0.717, 1.165) is 30.4 Å². The number of nitrogens with zero attached hydrogens (tertiary/aromatic N) is 3. The number of para-hydroxylation sites is 1. The molecule has 0 aliphatic rings. The molecule has 0 unspecified atom stereocenters. The van der Waals surface area contributed by atoms with Crippen LogP contribution in [0.5, 0.6) is 5.75 Å². The van der Waals surface area contributed by atoms with Crippen molar-refractivity contribution in [2.75, 3.05) is 19.9 Å². The van der Waals surface area contributed by atoms with Gasteiger partial charge in [0.2, 0.25) is 0 Å². The maximum atomic E-state index is 12.3. The van der Waals surface area contributed by atoms with Gasteiger partial charge in [-0.25, -0.2) is 0 Å². The van der Waals surface area contributed by atoms with Crippen molar-refractivity contribution in [1.29, 1.82) is 0 Å². The van der Waals surface area contributed by atoms with E-state index in [1.54, 1.807) is 31.0 Å². The Labute approximate surface area is 153 Å². The first-order valence-corrected chi connectivity index (χ1v) is 9.66. The van der Waals surface area contributed by atoms with Gasteiger partial charge < -0.3 is 14.6 Å². The lowest BCUT2D eigenvalue weighted by molar-refractivity contribution is 0.0950. The van der Waals surface area contributed by atoms with Crippen LogP contribution in [0.1, 0.15) is 36.5 Å². The van der Waals surface area contributed by atoms with E-state index in [-0.39, 0.29) is 5.91 Å². The fourth-order valence-corrected chi connectivity index (χ4v) is 3.10. The second-order valence-electron chi connectivity index (χ2n) is 6.17. The summed E-state index contributed by atoms with van der Waals surface area (Å²) in [5.74, 6) is 1.97. The van der Waals surface area contributed by atoms with Crippen LogP contribution in [0.2, 0.25) is 0 Å². The van der Waals surface area contributed by atoms with Crippen molar-refractivity contribution in [1.82, 2.24) is 20.1 Å². The molecular weight excluding hydrogens is 336 g/mol. The minimum absolute atomic E-state index is 0.120. The van der Waals surface area contributed by atoms with E-state index < -0.39 is 0 Å². The molecule has 136 valence electrons. The minimum Gasteiger partial charge on any atom is -0.496 e. The van der Waals surface area contributed by atoms with Crippen LogP contribution in [0.3, 0.4) is 0 Å². The van der Waals surface area contributed by atoms with Crippen LogP contribution in [-0.4, -0.2) is 40.6 Å². The number of ether oxygens (including phenoxy) is 1. The zero-order valence-electron chi connectivity index (χ0n) is 15.3. The average molecular weight is 362 g/mol. The molecule has 0 bridgehead atoms. The second-order valence-corrected chi connectivity index (χ2v) is 6.94. The molecule has 2 aromatic rings. The fourth-order valence-electron chi connectivity index (χ4n) is 2.58. The number of benzene rings is 1. The Bertz CT molecular complexity index is 700. The standard InChI is InChI=1S/C18H26N4O2S/c1-13(2)12-22-16(20-21-18(22)25-4)10-7-11-19-17(23)14-8-5-6-9-15(14)24-3/h5-6,8-9,13H,7,10-12H2,1-4H3,(H,19,23). The van der Waals surface area contributed by atoms with Gasteiger partial charge in [0, 0.05) is 19.5 Å². The van der Waals surface area contributed by atoms with Crippen LogP contribution in [0.4, 0.5) is 0 Å². The van der Waals surface area contributed by atoms with E-state index in [9.17, 15) is 4.79 Å². The predicted octanol–water partition coefficient (Wildman–Crippen LogP) is 3.03. The largest absolute Gasteiger partial charge is 0.496 e. The molecule has 0 fully saturated rings. The van der Waals surface area contributed by atoms with Crippen molar-refractivity contribution in [3.05, 3.63) is 35.7 Å². The number of carbonyl (C=O) groups excluding carboxylic acids is 1. The number of amides is 1. The topological polar surface area (TPSA) is 69.0 Å². The van der Waals surface area contributed by atoms with Crippen molar-refractivity contribution in [2.45, 2.75) is 38.4 Å². The number of hydrogen-bond acceptors (Lipinski definition) is 5. The molecule has 1 aromatic carbocycles. The Hall–Kier alpha value is -2.02. The van der Waals surface area contributed by atoms with Crippen LogP contribution in [0.25, 0.3) is 0 Å². The van der Waals surface area contributed by atoms with E-state index in [2.05, 4.69) is 33.9 Å². The maximum absolute atomic E-state index is 12.3.